The predicted molar refractivity (Wildman–Crippen MR) is 123 cm³/mol. The Bertz CT molecular complexity index is 1160. The second kappa shape index (κ2) is 9.52. The van der Waals surface area contributed by atoms with E-state index in [4.69, 9.17) is 9.47 Å². The Labute approximate surface area is 194 Å². The van der Waals surface area contributed by atoms with Crippen LogP contribution in [0.3, 0.4) is 0 Å². The number of carbonyl (C=O) groups excluding carboxylic acids is 1. The highest BCUT2D eigenvalue weighted by Gasteiger charge is 2.36. The number of hydrogen-bond acceptors (Lipinski definition) is 7. The Kier molecular flexibility index (Phi) is 6.55. The molecule has 1 unspecified atom stereocenters. The number of tetrazole rings is 1. The maximum atomic E-state index is 13.0. The quantitative estimate of drug-likeness (QED) is 0.478. The van der Waals surface area contributed by atoms with Crippen molar-refractivity contribution >= 4 is 27.8 Å². The van der Waals surface area contributed by atoms with E-state index in [-0.39, 0.29) is 0 Å². The molecule has 3 aromatic rings. The van der Waals surface area contributed by atoms with Gasteiger partial charge in [0, 0.05) is 15.7 Å². The molecule has 8 nitrogen and oxygen atoms in total. The van der Waals surface area contributed by atoms with Gasteiger partial charge in [-0.1, -0.05) is 57.8 Å². The van der Waals surface area contributed by atoms with Crippen LogP contribution in [0, 0.1) is 6.92 Å². The molecule has 32 heavy (non-hydrogen) atoms. The third kappa shape index (κ3) is 4.52. The first kappa shape index (κ1) is 22.0. The van der Waals surface area contributed by atoms with Gasteiger partial charge in [0.05, 0.1) is 12.2 Å². The maximum Gasteiger partial charge on any atom is 0.338 e. The highest BCUT2D eigenvalue weighted by atomic mass is 79.9. The lowest BCUT2D eigenvalue weighted by Crippen LogP contribution is -2.30. The summed E-state index contributed by atoms with van der Waals surface area (Å²) in [5.74, 6) is 0.673. The summed E-state index contributed by atoms with van der Waals surface area (Å²) in [5.41, 5.74) is 4.07. The van der Waals surface area contributed by atoms with Crippen LogP contribution in [0.2, 0.25) is 0 Å². The van der Waals surface area contributed by atoms with Gasteiger partial charge in [-0.15, -0.1) is 0 Å². The number of anilines is 1. The van der Waals surface area contributed by atoms with E-state index in [1.54, 1.807) is 4.68 Å². The molecule has 0 fully saturated rings. The molecule has 4 rings (SSSR count). The van der Waals surface area contributed by atoms with Crippen LogP contribution in [0.15, 0.2) is 58.2 Å². The standard InChI is InChI=1S/C23H24BrN5O3/c1-4-11-31-22(30)20-15(3)25-23-26-27-28-29(23)21(20)18-12-17(24)9-10-19(18)32-13-16-7-5-14(2)6-8-16/h5-10,12,21H,4,11,13H2,1-3H3,(H,25,26,28). The number of nitrogens with one attached hydrogen (secondary N) is 1. The zero-order chi connectivity index (χ0) is 22.7. The van der Waals surface area contributed by atoms with Gasteiger partial charge in [-0.2, -0.15) is 4.68 Å². The number of ether oxygens (including phenoxy) is 2. The molecule has 0 bridgehead atoms. The van der Waals surface area contributed by atoms with Gasteiger partial charge >= 0.3 is 5.97 Å². The van der Waals surface area contributed by atoms with Crippen LogP contribution < -0.4 is 10.1 Å². The smallest absolute Gasteiger partial charge is 0.338 e. The van der Waals surface area contributed by atoms with E-state index >= 15 is 0 Å². The molecular weight excluding hydrogens is 474 g/mol. The van der Waals surface area contributed by atoms with Gasteiger partial charge in [0.2, 0.25) is 5.95 Å². The summed E-state index contributed by atoms with van der Waals surface area (Å²) >= 11 is 3.55. The highest BCUT2D eigenvalue weighted by Crippen LogP contribution is 2.40. The van der Waals surface area contributed by atoms with E-state index < -0.39 is 12.0 Å². The van der Waals surface area contributed by atoms with Crippen LogP contribution in [0.1, 0.15) is 43.0 Å². The average molecular weight is 498 g/mol. The molecule has 2 aromatic carbocycles. The number of rotatable bonds is 7. The summed E-state index contributed by atoms with van der Waals surface area (Å²) in [6.45, 7) is 6.54. The minimum absolute atomic E-state index is 0.333. The summed E-state index contributed by atoms with van der Waals surface area (Å²) in [6, 6.07) is 13.3. The summed E-state index contributed by atoms with van der Waals surface area (Å²) in [7, 11) is 0. The van der Waals surface area contributed by atoms with E-state index in [2.05, 4.69) is 48.9 Å². The van der Waals surface area contributed by atoms with Crippen molar-refractivity contribution in [3.05, 3.63) is 74.9 Å². The van der Waals surface area contributed by atoms with Crippen molar-refractivity contribution in [3.63, 3.8) is 0 Å². The Morgan fingerprint density at radius 1 is 1.19 bits per heavy atom. The van der Waals surface area contributed by atoms with Gasteiger partial charge in [0.1, 0.15) is 18.4 Å². The molecule has 0 saturated carbocycles. The molecule has 2 heterocycles. The number of nitrogens with zero attached hydrogens (tertiary/aromatic N) is 4. The summed E-state index contributed by atoms with van der Waals surface area (Å²) in [6.07, 6.45) is 0.730. The van der Waals surface area contributed by atoms with E-state index in [9.17, 15) is 4.79 Å². The predicted octanol–water partition coefficient (Wildman–Crippen LogP) is 4.57. The Morgan fingerprint density at radius 2 is 1.97 bits per heavy atom. The summed E-state index contributed by atoms with van der Waals surface area (Å²) in [4.78, 5) is 13.0. The van der Waals surface area contributed by atoms with Gasteiger partial charge in [-0.3, -0.25) is 0 Å². The number of aromatic nitrogens is 4. The van der Waals surface area contributed by atoms with Gasteiger partial charge < -0.3 is 14.8 Å². The first-order valence-corrected chi connectivity index (χ1v) is 11.2. The Hall–Kier alpha value is -3.20. The van der Waals surface area contributed by atoms with Gasteiger partial charge in [-0.05, 0) is 54.5 Å². The number of aryl methyl sites for hydroxylation is 1. The lowest BCUT2D eigenvalue weighted by molar-refractivity contribution is -0.139. The molecule has 0 radical (unpaired) electrons. The Morgan fingerprint density at radius 3 is 2.72 bits per heavy atom. The van der Waals surface area contributed by atoms with Crippen LogP contribution in [0.4, 0.5) is 5.95 Å². The van der Waals surface area contributed by atoms with Crippen LogP contribution in [-0.2, 0) is 16.1 Å². The maximum absolute atomic E-state index is 13.0. The second-order valence-corrected chi connectivity index (χ2v) is 8.52. The molecule has 1 aliphatic heterocycles. The first-order valence-electron chi connectivity index (χ1n) is 10.4. The Balaban J connectivity index is 1.75. The van der Waals surface area contributed by atoms with Crippen LogP contribution in [0.5, 0.6) is 5.75 Å². The SMILES string of the molecule is CCCOC(=O)C1=C(C)Nc2nnnn2C1c1cc(Br)ccc1OCc1ccc(C)cc1. The van der Waals surface area contributed by atoms with Crippen molar-refractivity contribution in [2.75, 3.05) is 11.9 Å². The topological polar surface area (TPSA) is 91.2 Å². The fourth-order valence-electron chi connectivity index (χ4n) is 3.55. The number of allylic oxidation sites excluding steroid dienone is 1. The highest BCUT2D eigenvalue weighted by molar-refractivity contribution is 9.10. The molecular formula is C23H24BrN5O3. The van der Waals surface area contributed by atoms with E-state index in [1.807, 2.05) is 51.1 Å². The number of hydrogen-bond donors (Lipinski definition) is 1. The van der Waals surface area contributed by atoms with Crippen molar-refractivity contribution in [3.8, 4) is 5.75 Å². The summed E-state index contributed by atoms with van der Waals surface area (Å²) < 4.78 is 14.1. The van der Waals surface area contributed by atoms with Crippen molar-refractivity contribution in [1.82, 2.24) is 20.2 Å². The molecule has 1 aromatic heterocycles. The molecule has 1 aliphatic rings. The lowest BCUT2D eigenvalue weighted by Gasteiger charge is -2.28. The normalized spacial score (nSPS) is 15.2. The van der Waals surface area contributed by atoms with Crippen molar-refractivity contribution in [2.45, 2.75) is 39.8 Å². The molecule has 0 aliphatic carbocycles. The number of esters is 1. The van der Waals surface area contributed by atoms with Crippen molar-refractivity contribution in [1.29, 1.82) is 0 Å². The fourth-order valence-corrected chi connectivity index (χ4v) is 3.93. The van der Waals surface area contributed by atoms with E-state index in [0.717, 1.165) is 22.0 Å². The first-order chi connectivity index (χ1) is 15.5. The number of benzene rings is 2. The summed E-state index contributed by atoms with van der Waals surface area (Å²) in [5, 5.41) is 15.1. The number of fused-ring (bicyclic) bond motifs is 1. The second-order valence-electron chi connectivity index (χ2n) is 7.61. The van der Waals surface area contributed by atoms with Gasteiger partial charge in [-0.25, -0.2) is 4.79 Å². The molecule has 0 amide bonds. The molecule has 1 N–H and O–H groups in total. The number of halogens is 1. The largest absolute Gasteiger partial charge is 0.489 e. The van der Waals surface area contributed by atoms with Crippen LogP contribution >= 0.6 is 15.9 Å². The van der Waals surface area contributed by atoms with Crippen molar-refractivity contribution < 1.29 is 14.3 Å². The van der Waals surface area contributed by atoms with E-state index in [1.165, 1.54) is 5.56 Å². The van der Waals surface area contributed by atoms with Crippen molar-refractivity contribution in [2.24, 2.45) is 0 Å². The van der Waals surface area contributed by atoms with E-state index in [0.29, 0.717) is 36.2 Å². The van der Waals surface area contributed by atoms with Gasteiger partial charge in [0.15, 0.2) is 0 Å². The molecule has 0 spiro atoms. The third-order valence-electron chi connectivity index (χ3n) is 5.15. The average Bonchev–Trinajstić information content (AvgIpc) is 3.24. The lowest BCUT2D eigenvalue weighted by atomic mass is 9.95. The monoisotopic (exact) mass is 497 g/mol. The van der Waals surface area contributed by atoms with Crippen LogP contribution in [0.25, 0.3) is 0 Å². The minimum atomic E-state index is -0.601. The molecule has 1 atom stereocenters. The number of carbonyl (C=O) groups is 1. The molecule has 9 heteroatoms. The zero-order valence-corrected chi connectivity index (χ0v) is 19.7. The third-order valence-corrected chi connectivity index (χ3v) is 5.65. The van der Waals surface area contributed by atoms with Gasteiger partial charge in [0.25, 0.3) is 0 Å². The zero-order valence-electron chi connectivity index (χ0n) is 18.1. The molecule has 0 saturated heterocycles. The molecule has 166 valence electrons. The fraction of sp³-hybridized carbons (Fsp3) is 0.304. The van der Waals surface area contributed by atoms with Crippen LogP contribution in [-0.4, -0.2) is 32.8 Å². The minimum Gasteiger partial charge on any atom is -0.489 e.